The van der Waals surface area contributed by atoms with Crippen molar-refractivity contribution in [3.63, 3.8) is 0 Å². The molecule has 2 aromatic carbocycles. The van der Waals surface area contributed by atoms with E-state index in [2.05, 4.69) is 16.0 Å². The largest absolute Gasteiger partial charge is 0.481 e. The fourth-order valence-electron chi connectivity index (χ4n) is 2.60. The Balaban J connectivity index is 0.000000687. The van der Waals surface area contributed by atoms with E-state index in [1.54, 1.807) is 30.3 Å². The van der Waals surface area contributed by atoms with Crippen LogP contribution in [0.15, 0.2) is 48.5 Å². The van der Waals surface area contributed by atoms with E-state index in [1.807, 2.05) is 18.2 Å². The minimum absolute atomic E-state index is 0.0737. The third-order valence-electron chi connectivity index (χ3n) is 3.83. The van der Waals surface area contributed by atoms with Crippen LogP contribution < -0.4 is 16.0 Å². The van der Waals surface area contributed by atoms with E-state index in [4.69, 9.17) is 14.6 Å². The van der Waals surface area contributed by atoms with E-state index in [-0.39, 0.29) is 23.8 Å². The highest BCUT2D eigenvalue weighted by Gasteiger charge is 2.27. The van der Waals surface area contributed by atoms with Crippen molar-refractivity contribution in [3.05, 3.63) is 54.1 Å². The maximum Gasteiger partial charge on any atom is 0.339 e. The molecular weight excluding hydrogens is 378 g/mol. The van der Waals surface area contributed by atoms with Crippen LogP contribution in [0.5, 0.6) is 0 Å². The van der Waals surface area contributed by atoms with Crippen LogP contribution in [-0.4, -0.2) is 42.0 Å². The third-order valence-corrected chi connectivity index (χ3v) is 3.83. The number of ether oxygens (including phenoxy) is 1. The van der Waals surface area contributed by atoms with Gasteiger partial charge in [0.05, 0.1) is 36.2 Å². The van der Waals surface area contributed by atoms with E-state index in [0.29, 0.717) is 11.4 Å². The smallest absolute Gasteiger partial charge is 0.339 e. The van der Waals surface area contributed by atoms with Gasteiger partial charge in [0.25, 0.3) is 5.97 Å². The Morgan fingerprint density at radius 1 is 1.07 bits per heavy atom. The van der Waals surface area contributed by atoms with Gasteiger partial charge in [0.1, 0.15) is 6.04 Å². The minimum atomic E-state index is -0.833. The summed E-state index contributed by atoms with van der Waals surface area (Å²) in [5.74, 6) is -2.04. The summed E-state index contributed by atoms with van der Waals surface area (Å²) >= 11 is 0. The number of anilines is 3. The van der Waals surface area contributed by atoms with Crippen molar-refractivity contribution < 1.29 is 29.0 Å². The predicted molar refractivity (Wildman–Crippen MR) is 107 cm³/mol. The Hall–Kier alpha value is -3.88. The highest BCUT2D eigenvalue weighted by atomic mass is 16.5. The second-order valence-corrected chi connectivity index (χ2v) is 6.04. The van der Waals surface area contributed by atoms with E-state index < -0.39 is 18.0 Å². The lowest BCUT2D eigenvalue weighted by atomic mass is 10.1. The Morgan fingerprint density at radius 3 is 2.31 bits per heavy atom. The number of aliphatic carboxylic acids is 1. The zero-order valence-electron chi connectivity index (χ0n) is 15.9. The molecule has 0 spiro atoms. The minimum Gasteiger partial charge on any atom is -0.481 e. The number of carboxylic acid groups (broad SMARTS) is 1. The van der Waals surface area contributed by atoms with Crippen molar-refractivity contribution in [2.24, 2.45) is 0 Å². The fraction of sp³-hybridized carbons (Fsp3) is 0.200. The van der Waals surface area contributed by atoms with Crippen LogP contribution in [0.3, 0.4) is 0 Å². The molecule has 0 fully saturated rings. The van der Waals surface area contributed by atoms with Gasteiger partial charge < -0.3 is 25.8 Å². The van der Waals surface area contributed by atoms with Gasteiger partial charge >= 0.3 is 5.97 Å². The molecule has 1 aliphatic heterocycles. The molecule has 1 atom stereocenters. The van der Waals surface area contributed by atoms with Gasteiger partial charge in [0.15, 0.2) is 0 Å². The van der Waals surface area contributed by atoms with Gasteiger partial charge in [0, 0.05) is 6.92 Å². The second kappa shape index (κ2) is 9.88. The standard InChI is InChI=1S/C18H17N3O4.C2H4O2/c1-25-18(24)11-6-2-3-7-12(11)20-16(22)10-15-17(23)21-14-9-5-4-8-13(14)19-15;1-2(3)4/h2-9,15,19H,10H2,1H3,(H,20,22)(H,21,23);1H3,(H,3,4). The molecular formula is C20H21N3O6. The molecule has 9 nitrogen and oxygen atoms in total. The number of para-hydroxylation sites is 3. The van der Waals surface area contributed by atoms with Crippen molar-refractivity contribution in [1.29, 1.82) is 0 Å². The number of amides is 2. The topological polar surface area (TPSA) is 134 Å². The lowest BCUT2D eigenvalue weighted by Gasteiger charge is -2.26. The summed E-state index contributed by atoms with van der Waals surface area (Å²) in [7, 11) is 1.27. The SMILES string of the molecule is CC(=O)O.COC(=O)c1ccccc1NC(=O)CC1Nc2ccccc2NC1=O. The number of rotatable bonds is 4. The van der Waals surface area contributed by atoms with Gasteiger partial charge in [-0.05, 0) is 24.3 Å². The summed E-state index contributed by atoms with van der Waals surface area (Å²) < 4.78 is 4.70. The molecule has 0 aliphatic carbocycles. The molecule has 0 aromatic heterocycles. The van der Waals surface area contributed by atoms with Crippen LogP contribution in [0.4, 0.5) is 17.1 Å². The van der Waals surface area contributed by atoms with Gasteiger partial charge in [0.2, 0.25) is 11.8 Å². The van der Waals surface area contributed by atoms with Gasteiger partial charge in [-0.25, -0.2) is 4.79 Å². The van der Waals surface area contributed by atoms with Gasteiger partial charge in [-0.15, -0.1) is 0 Å². The summed E-state index contributed by atoms with van der Waals surface area (Å²) in [5.41, 5.74) is 2.04. The molecule has 4 N–H and O–H groups in total. The lowest BCUT2D eigenvalue weighted by molar-refractivity contribution is -0.134. The van der Waals surface area contributed by atoms with Crippen LogP contribution in [0.25, 0.3) is 0 Å². The first kappa shape index (κ1) is 21.4. The molecule has 3 rings (SSSR count). The van der Waals surface area contributed by atoms with Crippen LogP contribution in [-0.2, 0) is 19.1 Å². The highest BCUT2D eigenvalue weighted by molar-refractivity contribution is 6.07. The summed E-state index contributed by atoms with van der Waals surface area (Å²) in [4.78, 5) is 45.2. The van der Waals surface area contributed by atoms with Crippen molar-refractivity contribution in [3.8, 4) is 0 Å². The van der Waals surface area contributed by atoms with Gasteiger partial charge in [-0.3, -0.25) is 14.4 Å². The van der Waals surface area contributed by atoms with Gasteiger partial charge in [-0.2, -0.15) is 0 Å². The molecule has 0 bridgehead atoms. The quantitative estimate of drug-likeness (QED) is 0.580. The van der Waals surface area contributed by atoms with Crippen molar-refractivity contribution in [2.75, 3.05) is 23.1 Å². The highest BCUT2D eigenvalue weighted by Crippen LogP contribution is 2.27. The van der Waals surface area contributed by atoms with Gasteiger partial charge in [-0.1, -0.05) is 24.3 Å². The lowest BCUT2D eigenvalue weighted by Crippen LogP contribution is -2.41. The molecule has 152 valence electrons. The summed E-state index contributed by atoms with van der Waals surface area (Å²) in [6.07, 6.45) is -0.0737. The molecule has 29 heavy (non-hydrogen) atoms. The first-order valence-electron chi connectivity index (χ1n) is 8.65. The van der Waals surface area contributed by atoms with Crippen molar-refractivity contribution in [2.45, 2.75) is 19.4 Å². The zero-order valence-corrected chi connectivity index (χ0v) is 15.9. The number of fused-ring (bicyclic) bond motifs is 1. The molecule has 1 unspecified atom stereocenters. The number of carbonyl (C=O) groups is 4. The Labute approximate surface area is 167 Å². The molecule has 2 aromatic rings. The average Bonchev–Trinajstić information content (AvgIpc) is 2.68. The number of carboxylic acids is 1. The Kier molecular flexibility index (Phi) is 7.30. The van der Waals surface area contributed by atoms with Crippen molar-refractivity contribution in [1.82, 2.24) is 0 Å². The first-order chi connectivity index (χ1) is 13.8. The molecule has 1 heterocycles. The fourth-order valence-corrected chi connectivity index (χ4v) is 2.60. The number of hydrogen-bond acceptors (Lipinski definition) is 6. The monoisotopic (exact) mass is 399 g/mol. The van der Waals surface area contributed by atoms with Crippen LogP contribution in [0, 0.1) is 0 Å². The van der Waals surface area contributed by atoms with E-state index in [9.17, 15) is 14.4 Å². The number of benzene rings is 2. The molecule has 0 radical (unpaired) electrons. The number of hydrogen-bond donors (Lipinski definition) is 4. The Morgan fingerprint density at radius 2 is 1.66 bits per heavy atom. The molecule has 0 saturated carbocycles. The molecule has 9 heteroatoms. The third kappa shape index (κ3) is 6.06. The maximum atomic E-state index is 12.3. The number of esters is 1. The average molecular weight is 399 g/mol. The number of methoxy groups -OCH3 is 1. The zero-order chi connectivity index (χ0) is 21.4. The summed E-state index contributed by atoms with van der Waals surface area (Å²) in [5, 5.41) is 15.9. The number of carbonyl (C=O) groups excluding carboxylic acids is 3. The first-order valence-corrected chi connectivity index (χ1v) is 8.65. The van der Waals surface area contributed by atoms with Crippen LogP contribution >= 0.6 is 0 Å². The summed E-state index contributed by atoms with van der Waals surface area (Å²) in [6, 6.07) is 13.1. The normalized spacial score (nSPS) is 14.1. The number of nitrogens with one attached hydrogen (secondary N) is 3. The van der Waals surface area contributed by atoms with E-state index in [1.165, 1.54) is 7.11 Å². The molecule has 0 saturated heterocycles. The summed E-state index contributed by atoms with van der Waals surface area (Å²) in [6.45, 7) is 1.08. The molecule has 1 aliphatic rings. The van der Waals surface area contributed by atoms with E-state index >= 15 is 0 Å². The van der Waals surface area contributed by atoms with E-state index in [0.717, 1.165) is 12.6 Å². The molecule has 2 amide bonds. The van der Waals surface area contributed by atoms with Crippen LogP contribution in [0.1, 0.15) is 23.7 Å². The van der Waals surface area contributed by atoms with Crippen LogP contribution in [0.2, 0.25) is 0 Å². The predicted octanol–water partition coefficient (Wildman–Crippen LogP) is 2.33. The van der Waals surface area contributed by atoms with Crippen molar-refractivity contribution >= 4 is 40.8 Å². The second-order valence-electron chi connectivity index (χ2n) is 6.04. The Bertz CT molecular complexity index is 924. The maximum absolute atomic E-state index is 12.3.